The van der Waals surface area contributed by atoms with Gasteiger partial charge in [0.1, 0.15) is 10.9 Å². The molecule has 0 aromatic heterocycles. The summed E-state index contributed by atoms with van der Waals surface area (Å²) in [5, 5.41) is 9.60. The molecule has 2 aliphatic rings. The Kier molecular flexibility index (Phi) is 5.60. The Morgan fingerprint density at radius 3 is 2.35 bits per heavy atom. The topological polar surface area (TPSA) is 113 Å². The molecule has 0 saturated carbocycles. The molecule has 0 radical (unpaired) electrons. The molecular formula is C15H28N4O3S. The Balaban J connectivity index is 2.10. The lowest BCUT2D eigenvalue weighted by molar-refractivity contribution is -0.138. The van der Waals surface area contributed by atoms with Crippen LogP contribution in [0.4, 0.5) is 0 Å². The van der Waals surface area contributed by atoms with Crippen LogP contribution in [0.3, 0.4) is 0 Å². The lowest BCUT2D eigenvalue weighted by atomic mass is 10.0. The van der Waals surface area contributed by atoms with Gasteiger partial charge in [0.15, 0.2) is 0 Å². The number of amides is 2. The maximum absolute atomic E-state index is 12.6. The smallest absolute Gasteiger partial charge is 0.243 e. The van der Waals surface area contributed by atoms with Gasteiger partial charge in [-0.1, -0.05) is 13.8 Å². The maximum Gasteiger partial charge on any atom is 0.243 e. The summed E-state index contributed by atoms with van der Waals surface area (Å²) in [6.45, 7) is 7.05. The van der Waals surface area contributed by atoms with E-state index in [1.807, 2.05) is 13.8 Å². The quantitative estimate of drug-likeness (QED) is 0.614. The van der Waals surface area contributed by atoms with Gasteiger partial charge in [0.05, 0.1) is 18.7 Å². The van der Waals surface area contributed by atoms with Gasteiger partial charge in [0.2, 0.25) is 11.8 Å². The van der Waals surface area contributed by atoms with E-state index in [1.165, 1.54) is 6.92 Å². The van der Waals surface area contributed by atoms with Gasteiger partial charge in [-0.05, 0) is 19.3 Å². The Labute approximate surface area is 141 Å². The van der Waals surface area contributed by atoms with Crippen LogP contribution in [0.2, 0.25) is 0 Å². The summed E-state index contributed by atoms with van der Waals surface area (Å²) in [5.41, 5.74) is 11.8. The van der Waals surface area contributed by atoms with E-state index in [0.29, 0.717) is 26.1 Å². The van der Waals surface area contributed by atoms with E-state index < -0.39 is 23.1 Å². The van der Waals surface area contributed by atoms with Crippen molar-refractivity contribution >= 4 is 23.6 Å². The van der Waals surface area contributed by atoms with Crippen LogP contribution in [-0.2, 0) is 9.59 Å². The molecule has 0 bridgehead atoms. The van der Waals surface area contributed by atoms with Gasteiger partial charge in [-0.2, -0.15) is 0 Å². The number of rotatable bonds is 4. The Hall–Kier alpha value is -0.830. The predicted octanol–water partition coefficient (Wildman–Crippen LogP) is -0.818. The van der Waals surface area contributed by atoms with E-state index in [2.05, 4.69) is 0 Å². The van der Waals surface area contributed by atoms with Gasteiger partial charge in [-0.15, -0.1) is 11.8 Å². The van der Waals surface area contributed by atoms with Crippen LogP contribution in [0.1, 0.15) is 27.2 Å². The fraction of sp³-hybridized carbons (Fsp3) is 0.867. The first-order chi connectivity index (χ1) is 10.7. The number of thioether (sulfide) groups is 1. The summed E-state index contributed by atoms with van der Waals surface area (Å²) in [4.78, 5) is 28.1. The zero-order valence-electron chi connectivity index (χ0n) is 14.1. The number of hydrogen-bond acceptors (Lipinski definition) is 6. The number of carbonyl (C=O) groups excluding carboxylic acids is 2. The second-order valence-corrected chi connectivity index (χ2v) is 8.29. The van der Waals surface area contributed by atoms with Crippen LogP contribution in [0.5, 0.6) is 0 Å². The van der Waals surface area contributed by atoms with Crippen molar-refractivity contribution in [3.8, 4) is 0 Å². The van der Waals surface area contributed by atoms with E-state index >= 15 is 0 Å². The summed E-state index contributed by atoms with van der Waals surface area (Å²) >= 11 is 1.69. The van der Waals surface area contributed by atoms with Crippen LogP contribution in [-0.4, -0.2) is 75.2 Å². The molecule has 2 fully saturated rings. The monoisotopic (exact) mass is 344 g/mol. The standard InChI is InChI=1S/C15H28N4O3S/c1-9(2)11(16)13(21)18-5-4-15(8-18)19(6-7-23-15)14(22)12(17)10(3)20/h9-12,20H,4-8,16-17H2,1-3H3/t10-,11+,12+,15?/m1/s1. The SMILES string of the molecule is CC(C)[C@H](N)C(=O)N1CCC2(C1)SCCN2C(=O)[C@@H](N)[C@@H](C)O. The average Bonchev–Trinajstić information content (AvgIpc) is 3.11. The molecule has 1 unspecified atom stereocenters. The highest BCUT2D eigenvalue weighted by molar-refractivity contribution is 8.00. The van der Waals surface area contributed by atoms with Crippen LogP contribution in [0.25, 0.3) is 0 Å². The van der Waals surface area contributed by atoms with Gasteiger partial charge in [-0.3, -0.25) is 9.59 Å². The van der Waals surface area contributed by atoms with Crippen molar-refractivity contribution in [3.63, 3.8) is 0 Å². The third-order valence-electron chi connectivity index (χ3n) is 4.77. The van der Waals surface area contributed by atoms with Gasteiger partial charge >= 0.3 is 0 Å². The van der Waals surface area contributed by atoms with Crippen molar-refractivity contribution < 1.29 is 14.7 Å². The lowest BCUT2D eigenvalue weighted by Gasteiger charge is -2.36. The van der Waals surface area contributed by atoms with Gasteiger partial charge in [-0.25, -0.2) is 0 Å². The first kappa shape index (κ1) is 18.5. The van der Waals surface area contributed by atoms with Crippen molar-refractivity contribution in [3.05, 3.63) is 0 Å². The number of aliphatic hydroxyl groups excluding tert-OH is 1. The third kappa shape index (κ3) is 3.50. The highest BCUT2D eigenvalue weighted by Gasteiger charge is 2.51. The molecule has 2 saturated heterocycles. The van der Waals surface area contributed by atoms with Crippen molar-refractivity contribution in [1.82, 2.24) is 9.80 Å². The third-order valence-corrected chi connectivity index (χ3v) is 6.25. The van der Waals surface area contributed by atoms with Gasteiger partial charge in [0.25, 0.3) is 0 Å². The van der Waals surface area contributed by atoms with E-state index in [0.717, 1.165) is 5.75 Å². The normalized spacial score (nSPS) is 28.5. The summed E-state index contributed by atoms with van der Waals surface area (Å²) in [6.07, 6.45) is -0.175. The molecule has 2 heterocycles. The summed E-state index contributed by atoms with van der Waals surface area (Å²) in [7, 11) is 0. The van der Waals surface area contributed by atoms with Crippen molar-refractivity contribution in [2.24, 2.45) is 17.4 Å². The van der Waals surface area contributed by atoms with Crippen molar-refractivity contribution in [2.45, 2.75) is 50.3 Å². The number of hydrogen-bond donors (Lipinski definition) is 3. The molecule has 0 aromatic rings. The van der Waals surface area contributed by atoms with E-state index in [9.17, 15) is 14.7 Å². The molecule has 2 aliphatic heterocycles. The van der Waals surface area contributed by atoms with Gasteiger partial charge in [0, 0.05) is 18.8 Å². The predicted molar refractivity (Wildman–Crippen MR) is 90.6 cm³/mol. The molecule has 2 amide bonds. The highest BCUT2D eigenvalue weighted by Crippen LogP contribution is 2.43. The average molecular weight is 344 g/mol. The number of carbonyl (C=O) groups is 2. The Morgan fingerprint density at radius 2 is 1.78 bits per heavy atom. The first-order valence-corrected chi connectivity index (χ1v) is 9.11. The number of likely N-dealkylation sites (tertiary alicyclic amines) is 1. The molecule has 132 valence electrons. The number of aliphatic hydroxyl groups is 1. The molecule has 8 heteroatoms. The second kappa shape index (κ2) is 6.96. The molecule has 0 aliphatic carbocycles. The molecule has 4 atom stereocenters. The molecular weight excluding hydrogens is 316 g/mol. The van der Waals surface area contributed by atoms with Crippen LogP contribution < -0.4 is 11.5 Å². The fourth-order valence-corrected chi connectivity index (χ4v) is 4.57. The first-order valence-electron chi connectivity index (χ1n) is 8.13. The molecule has 5 N–H and O–H groups in total. The number of nitrogens with two attached hydrogens (primary N) is 2. The minimum atomic E-state index is -0.923. The molecule has 1 spiro atoms. The minimum absolute atomic E-state index is 0.0587. The molecule has 0 aromatic carbocycles. The van der Waals surface area contributed by atoms with Gasteiger partial charge < -0.3 is 26.4 Å². The zero-order valence-corrected chi connectivity index (χ0v) is 14.9. The highest BCUT2D eigenvalue weighted by atomic mass is 32.2. The largest absolute Gasteiger partial charge is 0.391 e. The molecule has 2 rings (SSSR count). The number of nitrogens with zero attached hydrogens (tertiary/aromatic N) is 2. The lowest BCUT2D eigenvalue weighted by Crippen LogP contribution is -2.56. The summed E-state index contributed by atoms with van der Waals surface area (Å²) in [6, 6.07) is -1.44. The molecule has 23 heavy (non-hydrogen) atoms. The zero-order chi connectivity index (χ0) is 17.4. The summed E-state index contributed by atoms with van der Waals surface area (Å²) in [5.74, 6) is 0.594. The fourth-order valence-electron chi connectivity index (χ4n) is 3.09. The van der Waals surface area contributed by atoms with Crippen molar-refractivity contribution in [2.75, 3.05) is 25.4 Å². The van der Waals surface area contributed by atoms with Crippen LogP contribution in [0.15, 0.2) is 0 Å². The van der Waals surface area contributed by atoms with Crippen molar-refractivity contribution in [1.29, 1.82) is 0 Å². The van der Waals surface area contributed by atoms with Crippen LogP contribution in [0, 0.1) is 5.92 Å². The van der Waals surface area contributed by atoms with E-state index in [1.54, 1.807) is 21.6 Å². The van der Waals surface area contributed by atoms with E-state index in [-0.39, 0.29) is 17.7 Å². The van der Waals surface area contributed by atoms with E-state index in [4.69, 9.17) is 11.5 Å². The minimum Gasteiger partial charge on any atom is -0.391 e. The molecule has 7 nitrogen and oxygen atoms in total. The Bertz CT molecular complexity index is 474. The maximum atomic E-state index is 12.6. The second-order valence-electron chi connectivity index (χ2n) is 6.83. The van der Waals surface area contributed by atoms with Crippen LogP contribution >= 0.6 is 11.8 Å². The Morgan fingerprint density at radius 1 is 1.13 bits per heavy atom. The summed E-state index contributed by atoms with van der Waals surface area (Å²) < 4.78 is 0.